The molecule has 0 radical (unpaired) electrons. The highest BCUT2D eigenvalue weighted by molar-refractivity contribution is 6.69. The summed E-state index contributed by atoms with van der Waals surface area (Å²) in [6, 6.07) is 8.24. The van der Waals surface area contributed by atoms with Gasteiger partial charge in [-0.2, -0.15) is 13.2 Å². The summed E-state index contributed by atoms with van der Waals surface area (Å²) < 4.78 is 53.6. The monoisotopic (exact) mass is 402 g/mol. The maximum Gasteiger partial charge on any atom is 0.446 e. The van der Waals surface area contributed by atoms with Gasteiger partial charge in [0.15, 0.2) is 14.1 Å². The fourth-order valence-corrected chi connectivity index (χ4v) is 3.85. The van der Waals surface area contributed by atoms with Crippen molar-refractivity contribution >= 4 is 14.1 Å². The highest BCUT2D eigenvalue weighted by Gasteiger charge is 2.61. The Morgan fingerprint density at radius 2 is 1.70 bits per heavy atom. The van der Waals surface area contributed by atoms with Gasteiger partial charge in [-0.1, -0.05) is 43.7 Å². The number of ether oxygens (including phenoxy) is 1. The Morgan fingerprint density at radius 3 is 2.15 bits per heavy atom. The molecule has 0 aromatic heterocycles. The second-order valence-corrected chi connectivity index (χ2v) is 11.7. The van der Waals surface area contributed by atoms with Crippen molar-refractivity contribution in [2.45, 2.75) is 64.7 Å². The molecule has 0 fully saturated rings. The van der Waals surface area contributed by atoms with Crippen LogP contribution in [0.5, 0.6) is 0 Å². The first kappa shape index (κ1) is 23.6. The number of carbonyl (C=O) groups is 1. The van der Waals surface area contributed by atoms with Crippen molar-refractivity contribution in [1.29, 1.82) is 0 Å². The minimum Gasteiger partial charge on any atom is -0.381 e. The fraction of sp³-hybridized carbons (Fsp3) is 0.550. The molecule has 0 saturated carbocycles. The second-order valence-electron chi connectivity index (χ2n) is 7.27. The summed E-state index contributed by atoms with van der Waals surface area (Å²) in [5.74, 6) is -3.39. The Labute approximate surface area is 160 Å². The topological polar surface area (TPSA) is 35.5 Å². The molecule has 1 rings (SSSR count). The molecule has 0 heterocycles. The van der Waals surface area contributed by atoms with E-state index in [-0.39, 0.29) is 18.6 Å². The van der Waals surface area contributed by atoms with Crippen molar-refractivity contribution in [3.8, 4) is 0 Å². The number of hydrogen-bond acceptors (Lipinski definition) is 3. The van der Waals surface area contributed by atoms with Crippen LogP contribution in [-0.2, 0) is 9.16 Å². The quantitative estimate of drug-likeness (QED) is 0.204. The zero-order valence-electron chi connectivity index (χ0n) is 16.7. The Balaban J connectivity index is 3.54. The lowest BCUT2D eigenvalue weighted by Crippen LogP contribution is -2.56. The van der Waals surface area contributed by atoms with E-state index in [4.69, 9.17) is 9.16 Å². The molecule has 0 aliphatic carbocycles. The van der Waals surface area contributed by atoms with Gasteiger partial charge in [0.1, 0.15) is 0 Å². The third-order valence-corrected chi connectivity index (χ3v) is 4.66. The summed E-state index contributed by atoms with van der Waals surface area (Å²) in [7, 11) is -2.67. The minimum atomic E-state index is -4.81. The fourth-order valence-electron chi connectivity index (χ4n) is 2.69. The standard InChI is InChI=1S/C20H29F3O3Si/c1-6-8-14-17(15-18(24)16-12-10-9-11-13-16)19(25-7-2,20(21,22)23)26-27(3,4)5/h9-13,15H,6-8,14H2,1-5H3/b17-15-. The zero-order valence-corrected chi connectivity index (χ0v) is 17.7. The molecule has 1 unspecified atom stereocenters. The maximum absolute atomic E-state index is 14.2. The van der Waals surface area contributed by atoms with Gasteiger partial charge in [0.2, 0.25) is 0 Å². The largest absolute Gasteiger partial charge is 0.446 e. The predicted molar refractivity (Wildman–Crippen MR) is 103 cm³/mol. The molecule has 0 amide bonds. The molecule has 0 aliphatic heterocycles. The Kier molecular flexibility index (Phi) is 8.44. The van der Waals surface area contributed by atoms with Crippen LogP contribution in [-0.4, -0.2) is 32.7 Å². The van der Waals surface area contributed by atoms with Crippen LogP contribution in [0.1, 0.15) is 43.5 Å². The lowest BCUT2D eigenvalue weighted by molar-refractivity contribution is -0.337. The highest BCUT2D eigenvalue weighted by atomic mass is 28.4. The smallest absolute Gasteiger partial charge is 0.381 e. The SMILES string of the molecule is CCCC/C(=C/C(=O)c1ccccc1)C(OCC)(O[Si](C)(C)C)C(F)(F)F. The van der Waals surface area contributed by atoms with E-state index in [1.807, 2.05) is 6.92 Å². The number of allylic oxidation sites excluding steroid dienone is 1. The number of unbranched alkanes of at least 4 members (excludes halogenated alkanes) is 1. The van der Waals surface area contributed by atoms with Crippen molar-refractivity contribution < 1.29 is 27.1 Å². The molecule has 1 aromatic rings. The van der Waals surface area contributed by atoms with Gasteiger partial charge in [-0.05, 0) is 45.5 Å². The third-order valence-electron chi connectivity index (χ3n) is 3.76. The lowest BCUT2D eigenvalue weighted by Gasteiger charge is -2.41. The summed E-state index contributed by atoms with van der Waals surface area (Å²) in [6.07, 6.45) is -2.51. The van der Waals surface area contributed by atoms with Crippen molar-refractivity contribution in [3.05, 3.63) is 47.5 Å². The number of hydrogen-bond donors (Lipinski definition) is 0. The number of rotatable bonds is 10. The van der Waals surface area contributed by atoms with Crippen LogP contribution < -0.4 is 0 Å². The Hall–Kier alpha value is -1.44. The predicted octanol–water partition coefficient (Wildman–Crippen LogP) is 6.13. The van der Waals surface area contributed by atoms with Gasteiger partial charge in [0, 0.05) is 17.7 Å². The maximum atomic E-state index is 14.2. The van der Waals surface area contributed by atoms with E-state index in [2.05, 4.69) is 0 Å². The van der Waals surface area contributed by atoms with Gasteiger partial charge in [-0.25, -0.2) is 0 Å². The van der Waals surface area contributed by atoms with Gasteiger partial charge < -0.3 is 9.16 Å². The Bertz CT molecular complexity index is 636. The number of carbonyl (C=O) groups excluding carboxylic acids is 1. The third kappa shape index (κ3) is 6.59. The highest BCUT2D eigenvalue weighted by Crippen LogP contribution is 2.44. The molecule has 0 saturated heterocycles. The first-order valence-corrected chi connectivity index (χ1v) is 12.6. The van der Waals surface area contributed by atoms with Gasteiger partial charge >= 0.3 is 6.18 Å². The van der Waals surface area contributed by atoms with E-state index >= 15 is 0 Å². The summed E-state index contributed by atoms with van der Waals surface area (Å²) in [4.78, 5) is 12.6. The number of ketones is 1. The summed E-state index contributed by atoms with van der Waals surface area (Å²) in [5.41, 5.74) is 0.155. The van der Waals surface area contributed by atoms with Gasteiger partial charge in [-0.3, -0.25) is 4.79 Å². The van der Waals surface area contributed by atoms with E-state index in [1.54, 1.807) is 50.0 Å². The van der Waals surface area contributed by atoms with Crippen molar-refractivity contribution in [2.24, 2.45) is 0 Å². The van der Waals surface area contributed by atoms with Crippen LogP contribution in [0.15, 0.2) is 42.0 Å². The van der Waals surface area contributed by atoms with Crippen LogP contribution >= 0.6 is 0 Å². The van der Waals surface area contributed by atoms with Crippen LogP contribution in [0.2, 0.25) is 19.6 Å². The number of halogens is 3. The normalized spacial score (nSPS) is 15.5. The molecule has 0 N–H and O–H groups in total. The average Bonchev–Trinajstić information content (AvgIpc) is 2.56. The van der Waals surface area contributed by atoms with Crippen LogP contribution in [0.4, 0.5) is 13.2 Å². The molecule has 0 spiro atoms. The second kappa shape index (κ2) is 9.66. The summed E-state index contributed by atoms with van der Waals surface area (Å²) in [6.45, 7) is 8.19. The van der Waals surface area contributed by atoms with E-state index in [0.29, 0.717) is 18.4 Å². The molecule has 0 aliphatic rings. The summed E-state index contributed by atoms with van der Waals surface area (Å²) >= 11 is 0. The molecular weight excluding hydrogens is 373 g/mol. The number of benzene rings is 1. The van der Waals surface area contributed by atoms with Crippen molar-refractivity contribution in [1.82, 2.24) is 0 Å². The first-order valence-electron chi connectivity index (χ1n) is 9.18. The molecule has 1 atom stereocenters. The lowest BCUT2D eigenvalue weighted by atomic mass is 9.96. The van der Waals surface area contributed by atoms with Crippen LogP contribution in [0, 0.1) is 0 Å². The van der Waals surface area contributed by atoms with Gasteiger partial charge in [0.25, 0.3) is 5.79 Å². The Morgan fingerprint density at radius 1 is 1.11 bits per heavy atom. The zero-order chi connectivity index (χ0) is 20.7. The van der Waals surface area contributed by atoms with E-state index in [9.17, 15) is 18.0 Å². The van der Waals surface area contributed by atoms with Crippen LogP contribution in [0.3, 0.4) is 0 Å². The number of alkyl halides is 3. The molecule has 3 nitrogen and oxygen atoms in total. The molecular formula is C20H29F3O3Si. The van der Waals surface area contributed by atoms with Gasteiger partial charge in [0.05, 0.1) is 0 Å². The molecule has 0 bridgehead atoms. The molecule has 27 heavy (non-hydrogen) atoms. The summed E-state index contributed by atoms with van der Waals surface area (Å²) in [5, 5.41) is 0. The molecule has 7 heteroatoms. The van der Waals surface area contributed by atoms with Gasteiger partial charge in [-0.15, -0.1) is 0 Å². The first-order chi connectivity index (χ1) is 12.5. The molecule has 152 valence electrons. The van der Waals surface area contributed by atoms with E-state index < -0.39 is 26.1 Å². The van der Waals surface area contributed by atoms with E-state index in [0.717, 1.165) is 6.08 Å². The van der Waals surface area contributed by atoms with Crippen molar-refractivity contribution in [2.75, 3.05) is 6.61 Å². The van der Waals surface area contributed by atoms with Crippen molar-refractivity contribution in [3.63, 3.8) is 0 Å². The van der Waals surface area contributed by atoms with E-state index in [1.165, 1.54) is 6.92 Å². The average molecular weight is 403 g/mol. The molecule has 1 aromatic carbocycles. The van der Waals surface area contributed by atoms with Crippen LogP contribution in [0.25, 0.3) is 0 Å². The minimum absolute atomic E-state index is 0.0685.